The summed E-state index contributed by atoms with van der Waals surface area (Å²) in [5, 5.41) is 15.0. The maximum atomic E-state index is 9.24. The van der Waals surface area contributed by atoms with E-state index in [-0.39, 0.29) is 22.9 Å². The Hall–Kier alpha value is -0.251. The number of carboxylic acids is 2. The summed E-state index contributed by atoms with van der Waals surface area (Å²) in [4.78, 5) is 18.2. The maximum Gasteiger partial charge on any atom is 0.318 e. The molecule has 0 aromatic carbocycles. The molecule has 0 aliphatic carbocycles. The molecule has 0 fully saturated rings. The van der Waals surface area contributed by atoms with Crippen molar-refractivity contribution in [2.75, 3.05) is 5.88 Å². The van der Waals surface area contributed by atoms with Crippen LogP contribution in [0.3, 0.4) is 0 Å². The third-order valence-electron chi connectivity index (χ3n) is 0.114. The minimum Gasteiger partial charge on any atom is -0.481 e. The third-order valence-corrected chi connectivity index (χ3v) is 0.343. The number of carbonyl (C=O) groups is 2. The van der Waals surface area contributed by atoms with Gasteiger partial charge in [-0.05, 0) is 0 Å². The predicted molar refractivity (Wildman–Crippen MR) is 31.7 cm³/mol. The van der Waals surface area contributed by atoms with Gasteiger partial charge >= 0.3 is 5.97 Å². The smallest absolute Gasteiger partial charge is 0.318 e. The van der Waals surface area contributed by atoms with Gasteiger partial charge in [-0.1, -0.05) is 0 Å². The summed E-state index contributed by atoms with van der Waals surface area (Å²) in [6, 6.07) is 0. The van der Waals surface area contributed by atoms with Crippen molar-refractivity contribution in [3.8, 4) is 0 Å². The van der Waals surface area contributed by atoms with Gasteiger partial charge in [0.15, 0.2) is 0 Å². The van der Waals surface area contributed by atoms with Gasteiger partial charge in [-0.3, -0.25) is 9.59 Å². The van der Waals surface area contributed by atoms with E-state index in [4.69, 9.17) is 26.6 Å². The standard InChI is InChI=1S/C2H3ClO2.C2H4O2.Cu/c3-1-2(4)5;1-2(3)4;/h1H2,(H,4,5);1H3,(H,3,4);. The molecule has 10 heavy (non-hydrogen) atoms. The largest absolute Gasteiger partial charge is 0.481 e. The van der Waals surface area contributed by atoms with Crippen LogP contribution >= 0.6 is 11.6 Å². The number of halogens is 1. The number of aliphatic carboxylic acids is 2. The van der Waals surface area contributed by atoms with Crippen LogP contribution in [0.15, 0.2) is 0 Å². The molecule has 0 saturated carbocycles. The molecule has 0 heterocycles. The number of carboxylic acid groups (broad SMARTS) is 2. The minimum atomic E-state index is -0.980. The van der Waals surface area contributed by atoms with Crippen molar-refractivity contribution in [3.05, 3.63) is 0 Å². The van der Waals surface area contributed by atoms with Gasteiger partial charge in [0, 0.05) is 24.0 Å². The van der Waals surface area contributed by atoms with Crippen molar-refractivity contribution < 1.29 is 36.9 Å². The van der Waals surface area contributed by atoms with Gasteiger partial charge in [0.1, 0.15) is 5.88 Å². The van der Waals surface area contributed by atoms with E-state index in [1.54, 1.807) is 0 Å². The van der Waals surface area contributed by atoms with Crippen LogP contribution in [-0.2, 0) is 26.7 Å². The van der Waals surface area contributed by atoms with Gasteiger partial charge in [0.2, 0.25) is 0 Å². The Bertz CT molecular complexity index is 101. The third kappa shape index (κ3) is 115. The van der Waals surface area contributed by atoms with Crippen LogP contribution in [-0.4, -0.2) is 28.0 Å². The topological polar surface area (TPSA) is 74.6 Å². The van der Waals surface area contributed by atoms with Crippen LogP contribution in [0.2, 0.25) is 0 Å². The fourth-order valence-electron chi connectivity index (χ4n) is 0. The van der Waals surface area contributed by atoms with Crippen molar-refractivity contribution in [2.45, 2.75) is 6.92 Å². The molecule has 0 amide bonds. The van der Waals surface area contributed by atoms with Crippen LogP contribution in [0.4, 0.5) is 0 Å². The van der Waals surface area contributed by atoms with Crippen LogP contribution < -0.4 is 0 Å². The summed E-state index contributed by atoms with van der Waals surface area (Å²) in [7, 11) is 0. The van der Waals surface area contributed by atoms with Gasteiger partial charge in [-0.25, -0.2) is 0 Å². The van der Waals surface area contributed by atoms with Crippen molar-refractivity contribution in [1.82, 2.24) is 0 Å². The molecule has 65 valence electrons. The Morgan fingerprint density at radius 2 is 1.50 bits per heavy atom. The SMILES string of the molecule is CC(=O)O.O=C(O)CCl.[Cu]. The molecule has 0 aromatic heterocycles. The van der Waals surface area contributed by atoms with Crippen LogP contribution in [0.1, 0.15) is 6.92 Å². The van der Waals surface area contributed by atoms with E-state index in [9.17, 15) is 4.79 Å². The quantitative estimate of drug-likeness (QED) is 0.493. The molecule has 4 nitrogen and oxygen atoms in total. The monoisotopic (exact) mass is 217 g/mol. The van der Waals surface area contributed by atoms with E-state index in [1.165, 1.54) is 0 Å². The molecule has 0 spiro atoms. The van der Waals surface area contributed by atoms with E-state index in [1.807, 2.05) is 0 Å². The molecule has 0 saturated heterocycles. The summed E-state index contributed by atoms with van der Waals surface area (Å²) in [6.45, 7) is 1.08. The minimum absolute atomic E-state index is 0. The van der Waals surface area contributed by atoms with Crippen molar-refractivity contribution >= 4 is 23.5 Å². The first-order valence-corrected chi connectivity index (χ1v) is 2.51. The summed E-state index contributed by atoms with van der Waals surface area (Å²) >= 11 is 4.74. The number of hydrogen-bond acceptors (Lipinski definition) is 2. The van der Waals surface area contributed by atoms with Crippen LogP contribution in [0, 0.1) is 0 Å². The summed E-state index contributed by atoms with van der Waals surface area (Å²) in [6.07, 6.45) is 0. The van der Waals surface area contributed by atoms with Gasteiger partial charge in [-0.2, -0.15) is 0 Å². The van der Waals surface area contributed by atoms with Crippen molar-refractivity contribution in [1.29, 1.82) is 0 Å². The molecular weight excluding hydrogens is 211 g/mol. The Morgan fingerprint density at radius 1 is 1.40 bits per heavy atom. The first-order chi connectivity index (χ1) is 4.00. The molecule has 0 rings (SSSR count). The molecule has 2 N–H and O–H groups in total. The normalized spacial score (nSPS) is 6.20. The van der Waals surface area contributed by atoms with E-state index in [0.29, 0.717) is 0 Å². The first-order valence-electron chi connectivity index (χ1n) is 1.98. The summed E-state index contributed by atoms with van der Waals surface area (Å²) in [5.41, 5.74) is 0. The van der Waals surface area contributed by atoms with E-state index in [2.05, 4.69) is 0 Å². The van der Waals surface area contributed by atoms with E-state index >= 15 is 0 Å². The van der Waals surface area contributed by atoms with Crippen molar-refractivity contribution in [3.63, 3.8) is 0 Å². The van der Waals surface area contributed by atoms with Gasteiger partial charge in [0.25, 0.3) is 5.97 Å². The summed E-state index contributed by atoms with van der Waals surface area (Å²) < 4.78 is 0. The molecule has 6 heteroatoms. The fraction of sp³-hybridized carbons (Fsp3) is 0.500. The van der Waals surface area contributed by atoms with Gasteiger partial charge in [0.05, 0.1) is 0 Å². The van der Waals surface area contributed by atoms with E-state index in [0.717, 1.165) is 6.92 Å². The molecule has 0 atom stereocenters. The Labute approximate surface area is 73.7 Å². The average molecular weight is 218 g/mol. The second-order valence-corrected chi connectivity index (χ2v) is 1.31. The van der Waals surface area contributed by atoms with Crippen LogP contribution in [0.5, 0.6) is 0 Å². The molecule has 0 aliphatic rings. The molecule has 1 radical (unpaired) electrons. The number of rotatable bonds is 1. The zero-order chi connectivity index (χ0) is 7.86. The second-order valence-electron chi connectivity index (χ2n) is 1.05. The summed E-state index contributed by atoms with van der Waals surface area (Å²) in [5.74, 6) is -2.12. The first kappa shape index (κ1) is 16.4. The van der Waals surface area contributed by atoms with Crippen LogP contribution in [0.25, 0.3) is 0 Å². The number of hydrogen-bond donors (Lipinski definition) is 2. The fourth-order valence-corrected chi connectivity index (χ4v) is 0. The number of alkyl halides is 1. The Kier molecular flexibility index (Phi) is 18.9. The average Bonchev–Trinajstić information content (AvgIpc) is 1.65. The molecule has 0 aliphatic heterocycles. The maximum absolute atomic E-state index is 9.24. The molecule has 0 unspecified atom stereocenters. The second kappa shape index (κ2) is 11.5. The zero-order valence-electron chi connectivity index (χ0n) is 5.10. The van der Waals surface area contributed by atoms with E-state index < -0.39 is 11.9 Å². The molecule has 0 aromatic rings. The Balaban J connectivity index is -0.0000000910. The van der Waals surface area contributed by atoms with Gasteiger partial charge < -0.3 is 10.2 Å². The van der Waals surface area contributed by atoms with Crippen molar-refractivity contribution in [2.24, 2.45) is 0 Å². The van der Waals surface area contributed by atoms with Gasteiger partial charge in [-0.15, -0.1) is 11.6 Å². The molecule has 0 bridgehead atoms. The molecular formula is C4H7ClCuO4. The predicted octanol–water partition coefficient (Wildman–Crippen LogP) is 0.398. The zero-order valence-corrected chi connectivity index (χ0v) is 6.80. The Morgan fingerprint density at radius 3 is 1.50 bits per heavy atom.